The van der Waals surface area contributed by atoms with Gasteiger partial charge in [-0.05, 0) is 34.2 Å². The number of alkyl halides is 1. The minimum Gasteiger partial charge on any atom is -0.444 e. The van der Waals surface area contributed by atoms with Crippen molar-refractivity contribution in [3.63, 3.8) is 0 Å². The van der Waals surface area contributed by atoms with Crippen LogP contribution >= 0.6 is 0 Å². The molecule has 2 aliphatic heterocycles. The normalized spacial score (nSPS) is 35.1. The maximum atomic E-state index is 14.4. The number of amides is 1. The van der Waals surface area contributed by atoms with Crippen LogP contribution in [0.2, 0.25) is 0 Å². The number of nitrogens with one attached hydrogen (secondary N) is 1. The van der Waals surface area contributed by atoms with E-state index in [2.05, 4.69) is 5.32 Å². The van der Waals surface area contributed by atoms with E-state index in [0.717, 1.165) is 0 Å². The summed E-state index contributed by atoms with van der Waals surface area (Å²) < 4.78 is 25.1. The number of hydrogen-bond acceptors (Lipinski definition) is 4. The molecule has 2 heterocycles. The molecule has 0 aromatic carbocycles. The maximum absolute atomic E-state index is 14.4. The summed E-state index contributed by atoms with van der Waals surface area (Å²) in [6.07, 6.45) is -1.02. The summed E-state index contributed by atoms with van der Waals surface area (Å²) in [5.74, 6) is 0. The van der Waals surface area contributed by atoms with Crippen molar-refractivity contribution in [3.8, 4) is 0 Å². The van der Waals surface area contributed by atoms with Gasteiger partial charge in [0.05, 0.1) is 25.3 Å². The van der Waals surface area contributed by atoms with Crippen LogP contribution in [0.5, 0.6) is 0 Å². The molecule has 2 rings (SSSR count). The van der Waals surface area contributed by atoms with Crippen LogP contribution in [0.3, 0.4) is 0 Å². The summed E-state index contributed by atoms with van der Waals surface area (Å²) in [4.78, 5) is 13.8. The summed E-state index contributed by atoms with van der Waals surface area (Å²) in [6.45, 7) is 6.11. The van der Waals surface area contributed by atoms with Crippen LogP contribution < -0.4 is 5.32 Å². The van der Waals surface area contributed by atoms with Gasteiger partial charge in [-0.3, -0.25) is 4.90 Å². The average Bonchev–Trinajstić information content (AvgIpc) is 2.31. The molecule has 2 bridgehead atoms. The number of ether oxygens (including phenoxy) is 2. The van der Waals surface area contributed by atoms with E-state index < -0.39 is 23.9 Å². The van der Waals surface area contributed by atoms with Gasteiger partial charge in [0.25, 0.3) is 0 Å². The predicted octanol–water partition coefficient (Wildman–Crippen LogP) is 1.32. The van der Waals surface area contributed by atoms with Crippen LogP contribution in [0.4, 0.5) is 9.18 Å². The fourth-order valence-electron chi connectivity index (χ4n) is 2.75. The minimum absolute atomic E-state index is 0.113. The van der Waals surface area contributed by atoms with Crippen LogP contribution in [0.25, 0.3) is 0 Å². The molecule has 0 spiro atoms. The van der Waals surface area contributed by atoms with Crippen molar-refractivity contribution in [1.29, 1.82) is 0 Å². The van der Waals surface area contributed by atoms with Gasteiger partial charge in [-0.15, -0.1) is 0 Å². The minimum atomic E-state index is -1.13. The highest BCUT2D eigenvalue weighted by Crippen LogP contribution is 2.31. The van der Waals surface area contributed by atoms with Gasteiger partial charge in [0.2, 0.25) is 0 Å². The zero-order valence-corrected chi connectivity index (χ0v) is 12.0. The molecule has 1 N–H and O–H groups in total. The highest BCUT2D eigenvalue weighted by atomic mass is 19.1. The Hall–Kier alpha value is -0.880. The highest BCUT2D eigenvalue weighted by molar-refractivity contribution is 5.69. The van der Waals surface area contributed by atoms with Crippen molar-refractivity contribution < 1.29 is 18.7 Å². The lowest BCUT2D eigenvalue weighted by molar-refractivity contribution is -0.110. The van der Waals surface area contributed by atoms with Crippen LogP contribution in [-0.2, 0) is 9.47 Å². The molecule has 2 fully saturated rings. The third-order valence-electron chi connectivity index (χ3n) is 3.60. The fourth-order valence-corrected chi connectivity index (χ4v) is 2.75. The lowest BCUT2D eigenvalue weighted by Gasteiger charge is -2.49. The van der Waals surface area contributed by atoms with E-state index in [-0.39, 0.29) is 18.7 Å². The Morgan fingerprint density at radius 3 is 2.68 bits per heavy atom. The lowest BCUT2D eigenvalue weighted by atomic mass is 9.89. The number of hydrogen-bond donors (Lipinski definition) is 1. The third-order valence-corrected chi connectivity index (χ3v) is 3.60. The lowest BCUT2D eigenvalue weighted by Crippen LogP contribution is -2.67. The van der Waals surface area contributed by atoms with Gasteiger partial charge in [-0.25, -0.2) is 9.18 Å². The Morgan fingerprint density at radius 2 is 2.11 bits per heavy atom. The number of nitrogens with zero attached hydrogens (tertiary/aromatic N) is 1. The molecule has 1 amide bonds. The van der Waals surface area contributed by atoms with Gasteiger partial charge < -0.3 is 14.8 Å². The van der Waals surface area contributed by atoms with Gasteiger partial charge >= 0.3 is 6.09 Å². The van der Waals surface area contributed by atoms with E-state index in [1.54, 1.807) is 7.05 Å². The van der Waals surface area contributed by atoms with E-state index in [9.17, 15) is 9.18 Å². The molecule has 6 heteroatoms. The van der Waals surface area contributed by atoms with Crippen molar-refractivity contribution in [2.24, 2.45) is 0 Å². The summed E-state index contributed by atoms with van der Waals surface area (Å²) >= 11 is 0. The van der Waals surface area contributed by atoms with Crippen molar-refractivity contribution >= 4 is 6.09 Å². The van der Waals surface area contributed by atoms with Gasteiger partial charge in [0, 0.05) is 6.04 Å². The first-order valence-electron chi connectivity index (χ1n) is 6.74. The molecule has 2 saturated heterocycles. The Morgan fingerprint density at radius 1 is 1.42 bits per heavy atom. The number of rotatable bonds is 1. The van der Waals surface area contributed by atoms with Crippen LogP contribution in [0, 0.1) is 0 Å². The van der Waals surface area contributed by atoms with E-state index in [0.29, 0.717) is 13.0 Å². The summed E-state index contributed by atoms with van der Waals surface area (Å²) in [7, 11) is 1.75. The largest absolute Gasteiger partial charge is 0.444 e. The molecule has 110 valence electrons. The topological polar surface area (TPSA) is 50.8 Å². The van der Waals surface area contributed by atoms with Crippen molar-refractivity contribution in [1.82, 2.24) is 10.2 Å². The molecule has 0 aromatic heterocycles. The molecular formula is C13H23FN2O3. The summed E-state index contributed by atoms with van der Waals surface area (Å²) in [5.41, 5.74) is -0.572. The van der Waals surface area contributed by atoms with Gasteiger partial charge in [0.1, 0.15) is 11.8 Å². The van der Waals surface area contributed by atoms with Crippen LogP contribution in [-0.4, -0.2) is 61.2 Å². The number of carbonyl (C=O) groups is 1. The Labute approximate surface area is 113 Å². The first-order valence-corrected chi connectivity index (χ1v) is 6.74. The van der Waals surface area contributed by atoms with Crippen molar-refractivity contribution in [2.45, 2.75) is 57.1 Å². The number of piperidine rings is 1. The zero-order valence-electron chi connectivity index (χ0n) is 12.0. The molecule has 0 aliphatic carbocycles. The van der Waals surface area contributed by atoms with E-state index in [1.165, 1.54) is 4.90 Å². The second kappa shape index (κ2) is 5.25. The maximum Gasteiger partial charge on any atom is 0.411 e. The molecule has 0 aromatic rings. The van der Waals surface area contributed by atoms with Crippen LogP contribution in [0.1, 0.15) is 27.2 Å². The average molecular weight is 274 g/mol. The summed E-state index contributed by atoms with van der Waals surface area (Å²) in [6, 6.07) is -0.893. The first-order chi connectivity index (χ1) is 8.83. The van der Waals surface area contributed by atoms with Gasteiger partial charge in [-0.2, -0.15) is 0 Å². The third kappa shape index (κ3) is 3.00. The predicted molar refractivity (Wildman–Crippen MR) is 68.8 cm³/mol. The molecule has 5 nitrogen and oxygen atoms in total. The van der Waals surface area contributed by atoms with Gasteiger partial charge in [0.15, 0.2) is 0 Å². The van der Waals surface area contributed by atoms with Crippen LogP contribution in [0.15, 0.2) is 0 Å². The standard InChI is InChI=1S/C13H23FN2O3/c1-13(2,3)19-12(17)16-8-5-9(15-4)11(14)10(16)7-18-6-8/h8-11,15H,5-7H2,1-4H3/t8-,9+,10-,11+/m0/s1. The smallest absolute Gasteiger partial charge is 0.411 e. The van der Waals surface area contributed by atoms with E-state index in [1.807, 2.05) is 20.8 Å². The molecule has 4 atom stereocenters. The van der Waals surface area contributed by atoms with E-state index >= 15 is 0 Å². The second-order valence-corrected chi connectivity index (χ2v) is 6.22. The van der Waals surface area contributed by atoms with Gasteiger partial charge in [-0.1, -0.05) is 0 Å². The highest BCUT2D eigenvalue weighted by Gasteiger charge is 2.49. The number of carbonyl (C=O) groups excluding carboxylic acids is 1. The number of halogens is 1. The van der Waals surface area contributed by atoms with E-state index in [4.69, 9.17) is 9.47 Å². The monoisotopic (exact) mass is 274 g/mol. The van der Waals surface area contributed by atoms with Crippen molar-refractivity contribution in [2.75, 3.05) is 20.3 Å². The SMILES string of the molecule is CN[C@@H]1C[C@H]2COC[C@@H]([C@@H]1F)N2C(=O)OC(C)(C)C. The molecule has 2 aliphatic rings. The molecule has 19 heavy (non-hydrogen) atoms. The Bertz CT molecular complexity index is 345. The first kappa shape index (κ1) is 14.5. The number of morpholine rings is 1. The molecule has 0 saturated carbocycles. The molecular weight excluding hydrogens is 251 g/mol. The summed E-state index contributed by atoms with van der Waals surface area (Å²) in [5, 5.41) is 2.98. The second-order valence-electron chi connectivity index (χ2n) is 6.22. The quantitative estimate of drug-likeness (QED) is 0.783. The number of fused-ring (bicyclic) bond motifs is 2. The Kier molecular flexibility index (Phi) is 4.01. The molecule has 0 radical (unpaired) electrons. The fraction of sp³-hybridized carbons (Fsp3) is 0.923. The van der Waals surface area contributed by atoms with Crippen molar-refractivity contribution in [3.05, 3.63) is 0 Å². The Balaban J connectivity index is 2.14. The molecule has 0 unspecified atom stereocenters. The zero-order chi connectivity index (χ0) is 14.2.